The van der Waals surface area contributed by atoms with E-state index < -0.39 is 24.5 Å². The van der Waals surface area contributed by atoms with Gasteiger partial charge in [0.25, 0.3) is 0 Å². The SMILES string of the molecule is BC(=O)N(C)[C@H](Cc1ccc(Cl)c(Cl)c1)C(O)CC(=O)O. The Kier molecular flexibility index (Phi) is 6.52. The standard InChI is InChI=1S/C13H16BCl2NO4/c1-17(13(14)21)10(11(18)6-12(19)20)5-7-2-3-8(15)9(16)4-7/h2-4,10-11,18H,5-6,14H2,1H3,(H,19,20)/t10-,11?/m1/s1. The van der Waals surface area contributed by atoms with Gasteiger partial charge in [0, 0.05) is 7.05 Å². The third-order valence-electron chi connectivity index (χ3n) is 3.25. The summed E-state index contributed by atoms with van der Waals surface area (Å²) in [7, 11) is 2.88. The van der Waals surface area contributed by atoms with Crippen LogP contribution in [0.25, 0.3) is 0 Å². The second-order valence-corrected chi connectivity index (χ2v) is 5.63. The van der Waals surface area contributed by atoms with E-state index in [0.29, 0.717) is 10.0 Å². The number of carbonyl (C=O) groups is 2. The number of halogens is 2. The predicted molar refractivity (Wildman–Crippen MR) is 83.9 cm³/mol. The van der Waals surface area contributed by atoms with Crippen LogP contribution in [-0.2, 0) is 11.2 Å². The first-order valence-corrected chi connectivity index (χ1v) is 7.05. The molecule has 1 aromatic carbocycles. The van der Waals surface area contributed by atoms with E-state index >= 15 is 0 Å². The van der Waals surface area contributed by atoms with Crippen molar-refractivity contribution in [2.45, 2.75) is 25.0 Å². The highest BCUT2D eigenvalue weighted by Gasteiger charge is 2.27. The van der Waals surface area contributed by atoms with Gasteiger partial charge >= 0.3 is 5.97 Å². The van der Waals surface area contributed by atoms with Crippen LogP contribution in [0, 0.1) is 0 Å². The minimum atomic E-state index is -1.18. The molecule has 0 aliphatic rings. The number of aliphatic carboxylic acids is 1. The van der Waals surface area contributed by atoms with Gasteiger partial charge in [-0.3, -0.25) is 9.59 Å². The van der Waals surface area contributed by atoms with E-state index in [0.717, 1.165) is 5.56 Å². The molecule has 1 aromatic rings. The highest BCUT2D eigenvalue weighted by molar-refractivity contribution is 6.56. The molecule has 0 aromatic heterocycles. The first-order chi connectivity index (χ1) is 9.72. The Morgan fingerprint density at radius 2 is 1.95 bits per heavy atom. The van der Waals surface area contributed by atoms with Crippen LogP contribution in [0.1, 0.15) is 12.0 Å². The molecule has 5 nitrogen and oxygen atoms in total. The van der Waals surface area contributed by atoms with Crippen molar-refractivity contribution in [1.82, 2.24) is 4.90 Å². The van der Waals surface area contributed by atoms with Crippen LogP contribution in [0.5, 0.6) is 0 Å². The summed E-state index contributed by atoms with van der Waals surface area (Å²) < 4.78 is 0. The van der Waals surface area contributed by atoms with Gasteiger partial charge in [0.2, 0.25) is 7.85 Å². The highest BCUT2D eigenvalue weighted by atomic mass is 35.5. The lowest BCUT2D eigenvalue weighted by Gasteiger charge is -2.31. The van der Waals surface area contributed by atoms with Crippen molar-refractivity contribution in [2.24, 2.45) is 0 Å². The number of hydrogen-bond acceptors (Lipinski definition) is 3. The van der Waals surface area contributed by atoms with Crippen molar-refractivity contribution < 1.29 is 19.8 Å². The van der Waals surface area contributed by atoms with Crippen LogP contribution >= 0.6 is 23.2 Å². The molecular weight excluding hydrogens is 316 g/mol. The van der Waals surface area contributed by atoms with Crippen LogP contribution in [0.2, 0.25) is 10.0 Å². The summed E-state index contributed by atoms with van der Waals surface area (Å²) in [6, 6.07) is 4.32. The van der Waals surface area contributed by atoms with Crippen molar-refractivity contribution in [3.63, 3.8) is 0 Å². The zero-order valence-corrected chi connectivity index (χ0v) is 13.2. The van der Waals surface area contributed by atoms with E-state index in [1.54, 1.807) is 18.2 Å². The van der Waals surface area contributed by atoms with Crippen molar-refractivity contribution in [3.8, 4) is 0 Å². The van der Waals surface area contributed by atoms with Gasteiger partial charge in [0.1, 0.15) is 0 Å². The number of carboxylic acids is 1. The first-order valence-electron chi connectivity index (χ1n) is 6.29. The summed E-state index contributed by atoms with van der Waals surface area (Å²) in [6.45, 7) is 0. The third-order valence-corrected chi connectivity index (χ3v) is 3.99. The van der Waals surface area contributed by atoms with Crippen LogP contribution in [0.15, 0.2) is 18.2 Å². The fourth-order valence-electron chi connectivity index (χ4n) is 1.99. The normalized spacial score (nSPS) is 13.5. The van der Waals surface area contributed by atoms with Gasteiger partial charge < -0.3 is 15.1 Å². The van der Waals surface area contributed by atoms with Gasteiger partial charge in [0.15, 0.2) is 5.81 Å². The zero-order valence-electron chi connectivity index (χ0n) is 11.7. The van der Waals surface area contributed by atoms with Crippen LogP contribution in [0.4, 0.5) is 4.79 Å². The molecule has 0 radical (unpaired) electrons. The van der Waals surface area contributed by atoms with E-state index in [1.807, 2.05) is 0 Å². The lowest BCUT2D eigenvalue weighted by molar-refractivity contribution is -0.140. The van der Waals surface area contributed by atoms with Crippen molar-refractivity contribution in [3.05, 3.63) is 33.8 Å². The van der Waals surface area contributed by atoms with Gasteiger partial charge in [-0.2, -0.15) is 0 Å². The molecule has 0 heterocycles. The summed E-state index contributed by atoms with van der Waals surface area (Å²) in [5, 5.41) is 19.6. The number of amides is 1. The van der Waals surface area contributed by atoms with Gasteiger partial charge in [-0.1, -0.05) is 29.3 Å². The van der Waals surface area contributed by atoms with Crippen molar-refractivity contribution in [1.29, 1.82) is 0 Å². The fourth-order valence-corrected chi connectivity index (χ4v) is 2.31. The van der Waals surface area contributed by atoms with E-state index in [1.165, 1.54) is 19.8 Å². The summed E-state index contributed by atoms with van der Waals surface area (Å²) in [6.07, 6.45) is -1.34. The second kappa shape index (κ2) is 7.68. The maximum absolute atomic E-state index is 11.5. The fraction of sp³-hybridized carbons (Fsp3) is 0.385. The molecule has 8 heteroatoms. The molecular formula is C13H16BCl2NO4. The number of likely N-dealkylation sites (N-methyl/N-ethyl adjacent to an activating group) is 1. The van der Waals surface area contributed by atoms with E-state index in [4.69, 9.17) is 28.3 Å². The zero-order chi connectivity index (χ0) is 16.2. The van der Waals surface area contributed by atoms with E-state index in [-0.39, 0.29) is 12.2 Å². The molecule has 0 aliphatic carbocycles. The Labute approximate surface area is 133 Å². The molecule has 0 fully saturated rings. The number of rotatable bonds is 6. The Bertz CT molecular complexity index is 541. The first kappa shape index (κ1) is 17.8. The highest BCUT2D eigenvalue weighted by Crippen LogP contribution is 2.24. The summed E-state index contributed by atoms with van der Waals surface area (Å²) in [5.74, 6) is -1.39. The summed E-state index contributed by atoms with van der Waals surface area (Å²) in [4.78, 5) is 23.6. The molecule has 0 saturated carbocycles. The van der Waals surface area contributed by atoms with Gasteiger partial charge in [-0.15, -0.1) is 0 Å². The van der Waals surface area contributed by atoms with Crippen molar-refractivity contribution in [2.75, 3.05) is 7.05 Å². The van der Waals surface area contributed by atoms with E-state index in [2.05, 4.69) is 0 Å². The Balaban J connectivity index is 2.97. The smallest absolute Gasteiger partial charge is 0.306 e. The van der Waals surface area contributed by atoms with Crippen LogP contribution in [-0.4, -0.2) is 53.9 Å². The summed E-state index contributed by atoms with van der Waals surface area (Å²) >= 11 is 11.8. The number of aliphatic hydroxyl groups excluding tert-OH is 1. The average molecular weight is 332 g/mol. The lowest BCUT2D eigenvalue weighted by atomic mass is 9.96. The number of hydrogen-bond donors (Lipinski definition) is 2. The lowest BCUT2D eigenvalue weighted by Crippen LogP contribution is -2.46. The van der Waals surface area contributed by atoms with Crippen LogP contribution in [0.3, 0.4) is 0 Å². The quantitative estimate of drug-likeness (QED) is 0.773. The minimum Gasteiger partial charge on any atom is -0.481 e. The molecule has 1 unspecified atom stereocenters. The number of benzene rings is 1. The van der Waals surface area contributed by atoms with Crippen LogP contribution < -0.4 is 0 Å². The molecule has 1 amide bonds. The van der Waals surface area contributed by atoms with Gasteiger partial charge in [-0.05, 0) is 24.1 Å². The molecule has 2 N–H and O–H groups in total. The molecule has 21 heavy (non-hydrogen) atoms. The number of aliphatic hydroxyl groups is 1. The Hall–Kier alpha value is -1.24. The van der Waals surface area contributed by atoms with Gasteiger partial charge in [0.05, 0.1) is 28.6 Å². The molecule has 0 aliphatic heterocycles. The molecule has 0 saturated heterocycles. The third kappa shape index (κ3) is 5.23. The average Bonchev–Trinajstić information content (AvgIpc) is 2.38. The monoisotopic (exact) mass is 331 g/mol. The molecule has 1 rings (SSSR count). The number of carboxylic acid groups (broad SMARTS) is 1. The van der Waals surface area contributed by atoms with Crippen molar-refractivity contribution >= 4 is 42.8 Å². The molecule has 2 atom stereocenters. The van der Waals surface area contributed by atoms with E-state index in [9.17, 15) is 14.7 Å². The number of nitrogens with zero attached hydrogens (tertiary/aromatic N) is 1. The molecule has 0 bridgehead atoms. The maximum atomic E-state index is 11.5. The predicted octanol–water partition coefficient (Wildman–Crippen LogP) is 1.42. The maximum Gasteiger partial charge on any atom is 0.306 e. The van der Waals surface area contributed by atoms with Gasteiger partial charge in [-0.25, -0.2) is 0 Å². The Morgan fingerprint density at radius 3 is 2.43 bits per heavy atom. The topological polar surface area (TPSA) is 77.8 Å². The second-order valence-electron chi connectivity index (χ2n) is 4.82. The Morgan fingerprint density at radius 1 is 1.33 bits per heavy atom. The largest absolute Gasteiger partial charge is 0.481 e. The molecule has 114 valence electrons. The minimum absolute atomic E-state index is 0.260. The summed E-state index contributed by atoms with van der Waals surface area (Å²) in [5.41, 5.74) is 0.756. The molecule has 0 spiro atoms. The number of carbonyl (C=O) groups excluding carboxylic acids is 1.